The highest BCUT2D eigenvalue weighted by atomic mass is 16.3. The van der Waals surface area contributed by atoms with Gasteiger partial charge in [0.25, 0.3) is 0 Å². The van der Waals surface area contributed by atoms with Crippen molar-refractivity contribution in [3.8, 4) is 0 Å². The van der Waals surface area contributed by atoms with E-state index in [1.54, 1.807) is 0 Å². The Kier molecular flexibility index (Phi) is 3.94. The van der Waals surface area contributed by atoms with Gasteiger partial charge in [0.15, 0.2) is 0 Å². The highest BCUT2D eigenvalue weighted by molar-refractivity contribution is 4.93. The Hall–Kier alpha value is -0.0400. The smallest absolute Gasteiger partial charge is 0.0676 e. The van der Waals surface area contributed by atoms with Crippen molar-refractivity contribution >= 4 is 0 Å². The minimum absolute atomic E-state index is 0.291. The molecule has 0 spiro atoms. The van der Waals surface area contributed by atoms with Crippen molar-refractivity contribution in [1.29, 1.82) is 0 Å². The van der Waals surface area contributed by atoms with Crippen molar-refractivity contribution in [2.45, 2.75) is 77.2 Å². The van der Waals surface area contributed by atoms with Crippen LogP contribution in [0.3, 0.4) is 0 Å². The molecule has 2 aliphatic carbocycles. The Bertz CT molecular complexity index is 215. The maximum atomic E-state index is 10.8. The molecule has 2 rings (SSSR count). The van der Waals surface area contributed by atoms with Gasteiger partial charge in [0.1, 0.15) is 0 Å². The molecule has 2 unspecified atom stereocenters. The summed E-state index contributed by atoms with van der Waals surface area (Å²) >= 11 is 0. The molecule has 0 aliphatic heterocycles. The lowest BCUT2D eigenvalue weighted by Crippen LogP contribution is -2.43. The highest BCUT2D eigenvalue weighted by Gasteiger charge is 2.40. The molecule has 2 atom stereocenters. The molecule has 0 heterocycles. The maximum absolute atomic E-state index is 10.8. The molecule has 0 saturated heterocycles. The van der Waals surface area contributed by atoms with Crippen molar-refractivity contribution in [3.05, 3.63) is 0 Å². The van der Waals surface area contributed by atoms with E-state index in [1.807, 2.05) is 0 Å². The number of hydrogen-bond donors (Lipinski definition) is 1. The zero-order chi connectivity index (χ0) is 11.6. The molecule has 1 heteroatoms. The molecule has 16 heavy (non-hydrogen) atoms. The predicted octanol–water partition coefficient (Wildman–Crippen LogP) is 4.14. The molecule has 94 valence electrons. The molecule has 0 aromatic rings. The SMILES string of the molecule is CCC1CCCC(C2(O)CCC(C)CC2)C1. The van der Waals surface area contributed by atoms with Gasteiger partial charge in [-0.2, -0.15) is 0 Å². The van der Waals surface area contributed by atoms with Gasteiger partial charge in [-0.3, -0.25) is 0 Å². The minimum atomic E-state index is -0.291. The number of aliphatic hydroxyl groups is 1. The van der Waals surface area contributed by atoms with Crippen LogP contribution in [0.1, 0.15) is 71.6 Å². The summed E-state index contributed by atoms with van der Waals surface area (Å²) in [6, 6.07) is 0. The van der Waals surface area contributed by atoms with Crippen molar-refractivity contribution in [1.82, 2.24) is 0 Å². The lowest BCUT2D eigenvalue weighted by atomic mass is 9.65. The molecule has 0 aromatic heterocycles. The quantitative estimate of drug-likeness (QED) is 0.747. The second-order valence-electron chi connectivity index (χ2n) is 6.42. The van der Waals surface area contributed by atoms with Gasteiger partial charge in [-0.15, -0.1) is 0 Å². The van der Waals surface area contributed by atoms with Gasteiger partial charge in [-0.1, -0.05) is 33.1 Å². The topological polar surface area (TPSA) is 20.2 Å². The first-order valence-electron chi connectivity index (χ1n) is 7.36. The summed E-state index contributed by atoms with van der Waals surface area (Å²) in [6.07, 6.45) is 11.2. The molecule has 0 bridgehead atoms. The van der Waals surface area contributed by atoms with E-state index in [1.165, 1.54) is 44.9 Å². The monoisotopic (exact) mass is 224 g/mol. The Balaban J connectivity index is 1.94. The van der Waals surface area contributed by atoms with Crippen molar-refractivity contribution in [3.63, 3.8) is 0 Å². The Morgan fingerprint density at radius 2 is 1.81 bits per heavy atom. The van der Waals surface area contributed by atoms with E-state index in [-0.39, 0.29) is 5.60 Å². The van der Waals surface area contributed by atoms with Crippen molar-refractivity contribution in [2.75, 3.05) is 0 Å². The molecule has 2 aliphatic rings. The summed E-state index contributed by atoms with van der Waals surface area (Å²) in [6.45, 7) is 4.63. The maximum Gasteiger partial charge on any atom is 0.0676 e. The van der Waals surface area contributed by atoms with Crippen LogP contribution in [0.2, 0.25) is 0 Å². The molecule has 0 radical (unpaired) electrons. The second-order valence-corrected chi connectivity index (χ2v) is 6.42. The third kappa shape index (κ3) is 2.61. The third-order valence-electron chi connectivity index (χ3n) is 5.26. The molecule has 0 amide bonds. The molecular weight excluding hydrogens is 196 g/mol. The summed E-state index contributed by atoms with van der Waals surface area (Å²) < 4.78 is 0. The molecule has 1 nitrogen and oxygen atoms in total. The van der Waals surface area contributed by atoms with Crippen LogP contribution in [0.25, 0.3) is 0 Å². The van der Waals surface area contributed by atoms with Gasteiger partial charge in [-0.25, -0.2) is 0 Å². The van der Waals surface area contributed by atoms with E-state index in [9.17, 15) is 5.11 Å². The normalized spacial score (nSPS) is 45.6. The van der Waals surface area contributed by atoms with E-state index in [4.69, 9.17) is 0 Å². The zero-order valence-electron chi connectivity index (χ0n) is 11.0. The molecule has 0 aromatic carbocycles. The number of hydrogen-bond acceptors (Lipinski definition) is 1. The van der Waals surface area contributed by atoms with Crippen LogP contribution in [-0.4, -0.2) is 10.7 Å². The largest absolute Gasteiger partial charge is 0.390 e. The second kappa shape index (κ2) is 5.08. The molecule has 2 fully saturated rings. The van der Waals surface area contributed by atoms with Crippen LogP contribution in [0.15, 0.2) is 0 Å². The highest BCUT2D eigenvalue weighted by Crippen LogP contribution is 2.44. The van der Waals surface area contributed by atoms with E-state index in [0.717, 1.165) is 24.7 Å². The summed E-state index contributed by atoms with van der Waals surface area (Å²) in [5, 5.41) is 10.8. The standard InChI is InChI=1S/C15H28O/c1-3-13-5-4-6-14(11-13)15(16)9-7-12(2)8-10-15/h12-14,16H,3-11H2,1-2H3. The van der Waals surface area contributed by atoms with Crippen LogP contribution < -0.4 is 0 Å². The number of rotatable bonds is 2. The van der Waals surface area contributed by atoms with Crippen LogP contribution >= 0.6 is 0 Å². The van der Waals surface area contributed by atoms with E-state index >= 15 is 0 Å². The van der Waals surface area contributed by atoms with Gasteiger partial charge in [-0.05, 0) is 56.3 Å². The van der Waals surface area contributed by atoms with E-state index in [0.29, 0.717) is 5.92 Å². The lowest BCUT2D eigenvalue weighted by molar-refractivity contribution is -0.0756. The first-order valence-corrected chi connectivity index (χ1v) is 7.36. The van der Waals surface area contributed by atoms with Gasteiger partial charge in [0.05, 0.1) is 5.60 Å². The lowest BCUT2D eigenvalue weighted by Gasteiger charge is -2.44. The van der Waals surface area contributed by atoms with Gasteiger partial charge in [0, 0.05) is 0 Å². The molecule has 2 saturated carbocycles. The van der Waals surface area contributed by atoms with Crippen LogP contribution in [0, 0.1) is 17.8 Å². The summed E-state index contributed by atoms with van der Waals surface area (Å²) in [5.41, 5.74) is -0.291. The van der Waals surface area contributed by atoms with Crippen molar-refractivity contribution < 1.29 is 5.11 Å². The Morgan fingerprint density at radius 1 is 1.12 bits per heavy atom. The van der Waals surface area contributed by atoms with Crippen LogP contribution in [0.4, 0.5) is 0 Å². The third-order valence-corrected chi connectivity index (χ3v) is 5.26. The van der Waals surface area contributed by atoms with E-state index in [2.05, 4.69) is 13.8 Å². The Labute approximate surface area is 101 Å². The summed E-state index contributed by atoms with van der Waals surface area (Å²) in [7, 11) is 0. The Morgan fingerprint density at radius 3 is 2.44 bits per heavy atom. The first-order chi connectivity index (χ1) is 7.64. The van der Waals surface area contributed by atoms with Crippen LogP contribution in [-0.2, 0) is 0 Å². The first kappa shape index (κ1) is 12.4. The van der Waals surface area contributed by atoms with Crippen LogP contribution in [0.5, 0.6) is 0 Å². The molecular formula is C15H28O. The fourth-order valence-electron chi connectivity index (χ4n) is 3.82. The average Bonchev–Trinajstić information content (AvgIpc) is 2.33. The predicted molar refractivity (Wildman–Crippen MR) is 68.3 cm³/mol. The van der Waals surface area contributed by atoms with Crippen molar-refractivity contribution in [2.24, 2.45) is 17.8 Å². The summed E-state index contributed by atoms with van der Waals surface area (Å²) in [4.78, 5) is 0. The van der Waals surface area contributed by atoms with Gasteiger partial charge < -0.3 is 5.11 Å². The van der Waals surface area contributed by atoms with E-state index < -0.39 is 0 Å². The fourth-order valence-corrected chi connectivity index (χ4v) is 3.82. The van der Waals surface area contributed by atoms with Gasteiger partial charge in [0.2, 0.25) is 0 Å². The molecule has 1 N–H and O–H groups in total. The zero-order valence-corrected chi connectivity index (χ0v) is 11.0. The fraction of sp³-hybridized carbons (Fsp3) is 1.00. The van der Waals surface area contributed by atoms with Gasteiger partial charge >= 0.3 is 0 Å². The average molecular weight is 224 g/mol. The minimum Gasteiger partial charge on any atom is -0.390 e. The summed E-state index contributed by atoms with van der Waals surface area (Å²) in [5.74, 6) is 2.34.